The average molecular weight is 304 g/mol. The number of halogens is 1. The summed E-state index contributed by atoms with van der Waals surface area (Å²) in [7, 11) is 0. The normalized spacial score (nSPS) is 11.0. The van der Waals surface area contributed by atoms with Crippen LogP contribution in [0.4, 0.5) is 9.52 Å². The van der Waals surface area contributed by atoms with Crippen LogP contribution >= 0.6 is 11.3 Å². The third kappa shape index (κ3) is 2.78. The highest BCUT2D eigenvalue weighted by atomic mass is 32.1. The molecule has 2 heterocycles. The van der Waals surface area contributed by atoms with Gasteiger partial charge >= 0.3 is 0 Å². The SMILES string of the molecule is Cc1cc(=O)n2nc(NCc3ccc(C)c(F)c3)sc2n1. The van der Waals surface area contributed by atoms with Gasteiger partial charge in [-0.15, -0.1) is 5.10 Å². The lowest BCUT2D eigenvalue weighted by Gasteiger charge is -2.03. The van der Waals surface area contributed by atoms with Gasteiger partial charge in [0.05, 0.1) is 0 Å². The molecule has 0 amide bonds. The second kappa shape index (κ2) is 5.25. The summed E-state index contributed by atoms with van der Waals surface area (Å²) >= 11 is 1.29. The molecule has 2 aromatic heterocycles. The lowest BCUT2D eigenvalue weighted by molar-refractivity contribution is 0.616. The first kappa shape index (κ1) is 13.7. The maximum absolute atomic E-state index is 13.5. The van der Waals surface area contributed by atoms with Crippen molar-refractivity contribution in [1.82, 2.24) is 14.6 Å². The summed E-state index contributed by atoms with van der Waals surface area (Å²) in [5.41, 5.74) is 1.89. The molecule has 0 saturated heterocycles. The fourth-order valence-electron chi connectivity index (χ4n) is 1.92. The van der Waals surface area contributed by atoms with Crippen LogP contribution in [0.1, 0.15) is 16.8 Å². The van der Waals surface area contributed by atoms with E-state index in [1.54, 1.807) is 19.9 Å². The highest BCUT2D eigenvalue weighted by Gasteiger charge is 2.07. The molecule has 5 nitrogen and oxygen atoms in total. The van der Waals surface area contributed by atoms with E-state index in [0.29, 0.717) is 27.9 Å². The zero-order valence-corrected chi connectivity index (χ0v) is 12.4. The molecular weight excluding hydrogens is 291 g/mol. The van der Waals surface area contributed by atoms with E-state index in [4.69, 9.17) is 0 Å². The highest BCUT2D eigenvalue weighted by Crippen LogP contribution is 2.18. The summed E-state index contributed by atoms with van der Waals surface area (Å²) < 4.78 is 14.7. The van der Waals surface area contributed by atoms with Crippen molar-refractivity contribution in [2.45, 2.75) is 20.4 Å². The number of hydrogen-bond acceptors (Lipinski definition) is 5. The second-order valence-electron chi connectivity index (χ2n) is 4.77. The zero-order chi connectivity index (χ0) is 15.0. The van der Waals surface area contributed by atoms with Crippen LogP contribution in [-0.2, 0) is 6.54 Å². The third-order valence-electron chi connectivity index (χ3n) is 3.05. The molecule has 0 aliphatic heterocycles. The average Bonchev–Trinajstić information content (AvgIpc) is 2.83. The minimum absolute atomic E-state index is 0.205. The van der Waals surface area contributed by atoms with E-state index < -0.39 is 0 Å². The standard InChI is InChI=1S/C14H13FN4OS/c1-8-3-4-10(6-11(8)15)7-16-13-18-19-12(20)5-9(2)17-14(19)21-13/h3-6H,7H2,1-2H3,(H,16,18). The van der Waals surface area contributed by atoms with Gasteiger partial charge in [-0.3, -0.25) is 4.79 Å². The molecule has 0 unspecified atom stereocenters. The van der Waals surface area contributed by atoms with Gasteiger partial charge in [-0.05, 0) is 31.0 Å². The summed E-state index contributed by atoms with van der Waals surface area (Å²) in [5.74, 6) is -0.230. The molecule has 0 fully saturated rings. The first-order valence-corrected chi connectivity index (χ1v) is 7.21. The fraction of sp³-hybridized carbons (Fsp3) is 0.214. The predicted molar refractivity (Wildman–Crippen MR) is 80.3 cm³/mol. The summed E-state index contributed by atoms with van der Waals surface area (Å²) in [4.78, 5) is 16.6. The second-order valence-corrected chi connectivity index (χ2v) is 5.73. The molecule has 21 heavy (non-hydrogen) atoms. The van der Waals surface area contributed by atoms with Crippen molar-refractivity contribution in [2.75, 3.05) is 5.32 Å². The quantitative estimate of drug-likeness (QED) is 0.808. The van der Waals surface area contributed by atoms with Crippen molar-refractivity contribution >= 4 is 21.4 Å². The number of nitrogens with zero attached hydrogens (tertiary/aromatic N) is 3. The van der Waals surface area contributed by atoms with Crippen LogP contribution in [0.25, 0.3) is 4.96 Å². The fourth-order valence-corrected chi connectivity index (χ4v) is 2.76. The maximum Gasteiger partial charge on any atom is 0.275 e. The molecule has 0 saturated carbocycles. The van der Waals surface area contributed by atoms with Gasteiger partial charge in [-0.25, -0.2) is 9.37 Å². The minimum Gasteiger partial charge on any atom is -0.356 e. The van der Waals surface area contributed by atoms with Crippen molar-refractivity contribution in [2.24, 2.45) is 0 Å². The lowest BCUT2D eigenvalue weighted by atomic mass is 10.1. The molecular formula is C14H13FN4OS. The van der Waals surface area contributed by atoms with E-state index in [0.717, 1.165) is 5.56 Å². The molecule has 3 aromatic rings. The Morgan fingerprint density at radius 3 is 2.90 bits per heavy atom. The first-order chi connectivity index (χ1) is 10.0. The molecule has 3 rings (SSSR count). The Balaban J connectivity index is 1.83. The number of hydrogen-bond donors (Lipinski definition) is 1. The number of nitrogens with one attached hydrogen (secondary N) is 1. The molecule has 0 spiro atoms. The number of aryl methyl sites for hydroxylation is 2. The molecule has 0 aliphatic rings. The van der Waals surface area contributed by atoms with Crippen LogP contribution in [0.2, 0.25) is 0 Å². The van der Waals surface area contributed by atoms with Crippen molar-refractivity contribution < 1.29 is 4.39 Å². The molecule has 1 N–H and O–H groups in total. The van der Waals surface area contributed by atoms with Crippen LogP contribution in [0, 0.1) is 19.7 Å². The van der Waals surface area contributed by atoms with Crippen molar-refractivity contribution in [3.05, 3.63) is 57.3 Å². The van der Waals surface area contributed by atoms with Gasteiger partial charge in [0, 0.05) is 18.3 Å². The smallest absolute Gasteiger partial charge is 0.275 e. The molecule has 0 atom stereocenters. The van der Waals surface area contributed by atoms with E-state index in [1.165, 1.54) is 28.0 Å². The number of fused-ring (bicyclic) bond motifs is 1. The van der Waals surface area contributed by atoms with Gasteiger partial charge < -0.3 is 5.32 Å². The van der Waals surface area contributed by atoms with Crippen LogP contribution < -0.4 is 10.9 Å². The minimum atomic E-state index is -0.230. The molecule has 1 aromatic carbocycles. The Hall–Kier alpha value is -2.28. The van der Waals surface area contributed by atoms with E-state index in [2.05, 4.69) is 15.4 Å². The van der Waals surface area contributed by atoms with E-state index in [9.17, 15) is 9.18 Å². The monoisotopic (exact) mass is 304 g/mol. The molecule has 0 radical (unpaired) electrons. The highest BCUT2D eigenvalue weighted by molar-refractivity contribution is 7.20. The third-order valence-corrected chi connectivity index (χ3v) is 3.92. The Labute approximate surface area is 124 Å². The first-order valence-electron chi connectivity index (χ1n) is 6.39. The van der Waals surface area contributed by atoms with Gasteiger partial charge in [0.25, 0.3) is 5.56 Å². The molecule has 108 valence electrons. The number of rotatable bonds is 3. The van der Waals surface area contributed by atoms with E-state index in [-0.39, 0.29) is 11.4 Å². The molecule has 0 aliphatic carbocycles. The lowest BCUT2D eigenvalue weighted by Crippen LogP contribution is -2.14. The summed E-state index contributed by atoms with van der Waals surface area (Å²) in [6, 6.07) is 6.52. The van der Waals surface area contributed by atoms with Gasteiger partial charge in [-0.1, -0.05) is 23.5 Å². The van der Waals surface area contributed by atoms with Crippen molar-refractivity contribution in [3.8, 4) is 0 Å². The Bertz CT molecular complexity index is 871. The van der Waals surface area contributed by atoms with Crippen LogP contribution in [0.3, 0.4) is 0 Å². The number of anilines is 1. The van der Waals surface area contributed by atoms with Crippen molar-refractivity contribution in [1.29, 1.82) is 0 Å². The van der Waals surface area contributed by atoms with Gasteiger partial charge in [0.2, 0.25) is 10.1 Å². The van der Waals surface area contributed by atoms with Gasteiger partial charge in [-0.2, -0.15) is 4.52 Å². The summed E-state index contributed by atoms with van der Waals surface area (Å²) in [5, 5.41) is 7.82. The van der Waals surface area contributed by atoms with E-state index in [1.807, 2.05) is 6.07 Å². The topological polar surface area (TPSA) is 59.3 Å². The largest absolute Gasteiger partial charge is 0.356 e. The summed E-state index contributed by atoms with van der Waals surface area (Å²) in [6.45, 7) is 3.93. The van der Waals surface area contributed by atoms with Gasteiger partial charge in [0.15, 0.2) is 0 Å². The zero-order valence-electron chi connectivity index (χ0n) is 11.6. The Kier molecular flexibility index (Phi) is 3.42. The van der Waals surface area contributed by atoms with Crippen LogP contribution in [0.15, 0.2) is 29.1 Å². The van der Waals surface area contributed by atoms with Crippen LogP contribution in [0.5, 0.6) is 0 Å². The summed E-state index contributed by atoms with van der Waals surface area (Å²) in [6.07, 6.45) is 0. The number of aromatic nitrogens is 3. The molecule has 0 bridgehead atoms. The predicted octanol–water partition coefficient (Wildman–Crippen LogP) is 2.52. The maximum atomic E-state index is 13.5. The Morgan fingerprint density at radius 2 is 2.14 bits per heavy atom. The molecule has 7 heteroatoms. The Morgan fingerprint density at radius 1 is 1.33 bits per heavy atom. The van der Waals surface area contributed by atoms with Gasteiger partial charge in [0.1, 0.15) is 5.82 Å². The van der Waals surface area contributed by atoms with Crippen molar-refractivity contribution in [3.63, 3.8) is 0 Å². The number of benzene rings is 1. The van der Waals surface area contributed by atoms with E-state index >= 15 is 0 Å². The van der Waals surface area contributed by atoms with Crippen LogP contribution in [-0.4, -0.2) is 14.6 Å².